The third kappa shape index (κ3) is 1.93. The van der Waals surface area contributed by atoms with Gasteiger partial charge in [0.15, 0.2) is 0 Å². The zero-order chi connectivity index (χ0) is 15.1. The molecule has 0 saturated heterocycles. The number of hydrogen-bond acceptors (Lipinski definition) is 4. The first kappa shape index (κ1) is 12.6. The van der Waals surface area contributed by atoms with Crippen molar-refractivity contribution in [1.29, 1.82) is 0 Å². The Morgan fingerprint density at radius 1 is 0.682 bits per heavy atom. The maximum Gasteiger partial charge on any atom is 0.336 e. The van der Waals surface area contributed by atoms with Crippen molar-refractivity contribution in [3.63, 3.8) is 0 Å². The first-order chi connectivity index (χ1) is 10.7. The van der Waals surface area contributed by atoms with Crippen molar-refractivity contribution >= 4 is 21.9 Å². The minimum atomic E-state index is -0.441. The summed E-state index contributed by atoms with van der Waals surface area (Å²) in [5, 5.41) is 1.59. The van der Waals surface area contributed by atoms with Crippen molar-refractivity contribution in [2.24, 2.45) is 0 Å². The molecule has 0 N–H and O–H groups in total. The van der Waals surface area contributed by atoms with Gasteiger partial charge in [0.2, 0.25) is 0 Å². The molecular formula is C18H10O4. The van der Waals surface area contributed by atoms with Gasteiger partial charge in [-0.2, -0.15) is 0 Å². The van der Waals surface area contributed by atoms with Gasteiger partial charge in [0.1, 0.15) is 11.2 Å². The van der Waals surface area contributed by atoms with E-state index in [2.05, 4.69) is 0 Å². The van der Waals surface area contributed by atoms with E-state index in [1.54, 1.807) is 18.2 Å². The number of hydrogen-bond donors (Lipinski definition) is 0. The molecule has 2 aromatic carbocycles. The molecule has 0 aliphatic carbocycles. The Morgan fingerprint density at radius 2 is 1.55 bits per heavy atom. The van der Waals surface area contributed by atoms with Gasteiger partial charge in [-0.25, -0.2) is 9.59 Å². The van der Waals surface area contributed by atoms with Crippen LogP contribution >= 0.6 is 0 Å². The van der Waals surface area contributed by atoms with Gasteiger partial charge in [0.25, 0.3) is 0 Å². The molecule has 4 heteroatoms. The molecule has 0 radical (unpaired) electrons. The topological polar surface area (TPSA) is 60.4 Å². The lowest BCUT2D eigenvalue weighted by atomic mass is 10.00. The Labute approximate surface area is 124 Å². The standard InChI is InChI=1S/C18H10O4/c19-16-9-8-11-4-3-6-13(18(11)22-16)14-10-17(20)21-15-7-2-1-5-12(14)15/h1-10H. The highest BCUT2D eigenvalue weighted by atomic mass is 16.4. The van der Waals surface area contributed by atoms with Crippen molar-refractivity contribution in [1.82, 2.24) is 0 Å². The van der Waals surface area contributed by atoms with E-state index >= 15 is 0 Å². The summed E-state index contributed by atoms with van der Waals surface area (Å²) >= 11 is 0. The van der Waals surface area contributed by atoms with Crippen LogP contribution in [-0.2, 0) is 0 Å². The van der Waals surface area contributed by atoms with Gasteiger partial charge in [0.05, 0.1) is 0 Å². The van der Waals surface area contributed by atoms with Gasteiger partial charge >= 0.3 is 11.3 Å². The van der Waals surface area contributed by atoms with E-state index in [9.17, 15) is 9.59 Å². The Hall–Kier alpha value is -3.14. The van der Waals surface area contributed by atoms with Crippen LogP contribution in [-0.4, -0.2) is 0 Å². The van der Waals surface area contributed by atoms with Crippen molar-refractivity contribution in [2.75, 3.05) is 0 Å². The fourth-order valence-electron chi connectivity index (χ4n) is 2.64. The summed E-state index contributed by atoms with van der Waals surface area (Å²) in [6.07, 6.45) is 0. The molecule has 4 aromatic rings. The first-order valence-corrected chi connectivity index (χ1v) is 6.78. The molecule has 0 unspecified atom stereocenters. The van der Waals surface area contributed by atoms with Crippen LogP contribution in [0.15, 0.2) is 79.1 Å². The van der Waals surface area contributed by atoms with Gasteiger partial charge in [-0.05, 0) is 12.1 Å². The molecule has 4 nitrogen and oxygen atoms in total. The zero-order valence-corrected chi connectivity index (χ0v) is 11.4. The molecule has 0 aliphatic rings. The van der Waals surface area contributed by atoms with Crippen LogP contribution in [0, 0.1) is 0 Å². The summed E-state index contributed by atoms with van der Waals surface area (Å²) in [4.78, 5) is 23.4. The summed E-state index contributed by atoms with van der Waals surface area (Å²) in [5.74, 6) is 0. The molecule has 0 fully saturated rings. The zero-order valence-electron chi connectivity index (χ0n) is 11.4. The van der Waals surface area contributed by atoms with Crippen LogP contribution in [0.3, 0.4) is 0 Å². The quantitative estimate of drug-likeness (QED) is 0.503. The first-order valence-electron chi connectivity index (χ1n) is 6.78. The second-order valence-corrected chi connectivity index (χ2v) is 4.95. The van der Waals surface area contributed by atoms with Crippen LogP contribution in [0.4, 0.5) is 0 Å². The summed E-state index contributed by atoms with van der Waals surface area (Å²) in [7, 11) is 0. The number of fused-ring (bicyclic) bond motifs is 2. The Bertz CT molecular complexity index is 1120. The third-order valence-electron chi connectivity index (χ3n) is 3.59. The predicted octanol–water partition coefficient (Wildman–Crippen LogP) is 3.57. The van der Waals surface area contributed by atoms with Gasteiger partial charge in [-0.1, -0.05) is 36.4 Å². The molecular weight excluding hydrogens is 280 g/mol. The normalized spacial score (nSPS) is 11.1. The van der Waals surface area contributed by atoms with E-state index in [1.807, 2.05) is 30.3 Å². The highest BCUT2D eigenvalue weighted by Gasteiger charge is 2.12. The minimum absolute atomic E-state index is 0.424. The molecule has 2 heterocycles. The lowest BCUT2D eigenvalue weighted by molar-refractivity contribution is 0.559. The Kier molecular flexibility index (Phi) is 2.69. The predicted molar refractivity (Wildman–Crippen MR) is 84.0 cm³/mol. The third-order valence-corrected chi connectivity index (χ3v) is 3.59. The lowest BCUT2D eigenvalue weighted by Crippen LogP contribution is -1.99. The van der Waals surface area contributed by atoms with Gasteiger partial charge in [-0.3, -0.25) is 0 Å². The van der Waals surface area contributed by atoms with Crippen molar-refractivity contribution in [2.45, 2.75) is 0 Å². The van der Waals surface area contributed by atoms with Gasteiger partial charge < -0.3 is 8.83 Å². The van der Waals surface area contributed by atoms with E-state index in [4.69, 9.17) is 8.83 Å². The Morgan fingerprint density at radius 3 is 2.45 bits per heavy atom. The maximum absolute atomic E-state index is 11.8. The maximum atomic E-state index is 11.8. The van der Waals surface area contributed by atoms with E-state index in [0.717, 1.165) is 10.8 Å². The van der Waals surface area contributed by atoms with E-state index in [0.29, 0.717) is 22.3 Å². The lowest BCUT2D eigenvalue weighted by Gasteiger charge is -2.07. The molecule has 22 heavy (non-hydrogen) atoms. The average molecular weight is 290 g/mol. The van der Waals surface area contributed by atoms with Crippen LogP contribution < -0.4 is 11.3 Å². The number of para-hydroxylation sites is 2. The molecule has 0 aliphatic heterocycles. The van der Waals surface area contributed by atoms with Crippen LogP contribution in [0.5, 0.6) is 0 Å². The number of benzene rings is 2. The van der Waals surface area contributed by atoms with Crippen molar-refractivity contribution in [3.05, 3.63) is 81.5 Å². The summed E-state index contributed by atoms with van der Waals surface area (Å²) in [6, 6.07) is 17.3. The van der Waals surface area contributed by atoms with Crippen molar-refractivity contribution < 1.29 is 8.83 Å². The molecule has 0 atom stereocenters. The fourth-order valence-corrected chi connectivity index (χ4v) is 2.64. The van der Waals surface area contributed by atoms with E-state index < -0.39 is 11.3 Å². The average Bonchev–Trinajstić information content (AvgIpc) is 2.53. The molecule has 4 rings (SSSR count). The van der Waals surface area contributed by atoms with E-state index in [-0.39, 0.29) is 0 Å². The SMILES string of the molecule is O=c1cc(-c2cccc3ccc(=O)oc23)c2ccccc2o1. The summed E-state index contributed by atoms with van der Waals surface area (Å²) in [5.41, 5.74) is 1.48. The molecule has 2 aromatic heterocycles. The van der Waals surface area contributed by atoms with Crippen LogP contribution in [0.2, 0.25) is 0 Å². The summed E-state index contributed by atoms with van der Waals surface area (Å²) in [6.45, 7) is 0. The second-order valence-electron chi connectivity index (χ2n) is 4.95. The van der Waals surface area contributed by atoms with E-state index in [1.165, 1.54) is 12.1 Å². The van der Waals surface area contributed by atoms with Gasteiger partial charge in [0, 0.05) is 34.0 Å². The minimum Gasteiger partial charge on any atom is -0.423 e. The highest BCUT2D eigenvalue weighted by Crippen LogP contribution is 2.32. The smallest absolute Gasteiger partial charge is 0.336 e. The second kappa shape index (κ2) is 4.70. The molecule has 0 spiro atoms. The molecule has 0 saturated carbocycles. The van der Waals surface area contributed by atoms with Crippen LogP contribution in [0.1, 0.15) is 0 Å². The van der Waals surface area contributed by atoms with Crippen LogP contribution in [0.25, 0.3) is 33.1 Å². The van der Waals surface area contributed by atoms with Crippen molar-refractivity contribution in [3.8, 4) is 11.1 Å². The Balaban J connectivity index is 2.18. The molecule has 0 bridgehead atoms. The molecule has 106 valence electrons. The largest absolute Gasteiger partial charge is 0.423 e. The molecule has 0 amide bonds. The monoisotopic (exact) mass is 290 g/mol. The highest BCUT2D eigenvalue weighted by molar-refractivity contribution is 6.01. The fraction of sp³-hybridized carbons (Fsp3) is 0. The van der Waals surface area contributed by atoms with Gasteiger partial charge in [-0.15, -0.1) is 0 Å². The summed E-state index contributed by atoms with van der Waals surface area (Å²) < 4.78 is 10.6. The number of rotatable bonds is 1.